The Bertz CT molecular complexity index is 1390. The molecule has 4 aromatic rings. The van der Waals surface area contributed by atoms with Gasteiger partial charge in [-0.2, -0.15) is 0 Å². The van der Waals surface area contributed by atoms with Gasteiger partial charge in [-0.25, -0.2) is 9.97 Å². The Morgan fingerprint density at radius 2 is 1.90 bits per heavy atom. The number of hydrogen-bond donors (Lipinski definition) is 2. The third-order valence-corrected chi connectivity index (χ3v) is 5.20. The van der Waals surface area contributed by atoms with Crippen LogP contribution in [0, 0.1) is 13.8 Å². The maximum atomic E-state index is 12.6. The lowest BCUT2D eigenvalue weighted by molar-refractivity contribution is -0.122. The summed E-state index contributed by atoms with van der Waals surface area (Å²) in [6.45, 7) is 6.32. The average molecular weight is 418 g/mol. The van der Waals surface area contributed by atoms with Crippen LogP contribution in [-0.4, -0.2) is 30.9 Å². The number of para-hydroxylation sites is 1. The number of nitrogens with zero attached hydrogens (tertiary/aromatic N) is 4. The molecule has 0 radical (unpaired) electrons. The van der Waals surface area contributed by atoms with Crippen LogP contribution in [0.4, 0.5) is 0 Å². The van der Waals surface area contributed by atoms with E-state index < -0.39 is 11.8 Å². The van der Waals surface area contributed by atoms with Crippen molar-refractivity contribution in [3.63, 3.8) is 0 Å². The fraction of sp³-hybridized carbons (Fsp3) is 0.227. The van der Waals surface area contributed by atoms with Gasteiger partial charge in [0.25, 0.3) is 17.4 Å². The maximum absolute atomic E-state index is 12.6. The summed E-state index contributed by atoms with van der Waals surface area (Å²) in [5.74, 6) is -0.150. The minimum Gasteiger partial charge on any atom is -0.329 e. The van der Waals surface area contributed by atoms with Crippen LogP contribution in [0.5, 0.6) is 0 Å². The molecule has 0 bridgehead atoms. The van der Waals surface area contributed by atoms with E-state index in [4.69, 9.17) is 0 Å². The Morgan fingerprint density at radius 3 is 2.68 bits per heavy atom. The van der Waals surface area contributed by atoms with Crippen molar-refractivity contribution < 1.29 is 9.59 Å². The van der Waals surface area contributed by atoms with Crippen molar-refractivity contribution in [3.8, 4) is 0 Å². The number of fused-ring (bicyclic) bond motifs is 2. The van der Waals surface area contributed by atoms with Gasteiger partial charge in [0.15, 0.2) is 0 Å². The first-order chi connectivity index (χ1) is 14.9. The molecule has 2 heterocycles. The number of amides is 2. The van der Waals surface area contributed by atoms with E-state index >= 15 is 0 Å². The molecule has 0 atom stereocenters. The molecule has 0 unspecified atom stereocenters. The summed E-state index contributed by atoms with van der Waals surface area (Å²) in [6, 6.07) is 10.5. The molecule has 2 N–H and O–H groups in total. The molecule has 0 aliphatic rings. The molecule has 0 aliphatic carbocycles. The molecule has 4 rings (SSSR count). The van der Waals surface area contributed by atoms with Gasteiger partial charge in [-0.05, 0) is 50.6 Å². The van der Waals surface area contributed by atoms with Gasteiger partial charge in [0.05, 0.1) is 28.3 Å². The van der Waals surface area contributed by atoms with Crippen molar-refractivity contribution in [1.29, 1.82) is 0 Å². The molecule has 0 saturated carbocycles. The maximum Gasteiger partial charge on any atom is 0.269 e. The van der Waals surface area contributed by atoms with Crippen molar-refractivity contribution in [2.24, 2.45) is 0 Å². The topological polar surface area (TPSA) is 111 Å². The Balaban J connectivity index is 1.45. The van der Waals surface area contributed by atoms with Gasteiger partial charge >= 0.3 is 0 Å². The van der Waals surface area contributed by atoms with Crippen LogP contribution < -0.4 is 16.4 Å². The molecule has 0 saturated heterocycles. The van der Waals surface area contributed by atoms with E-state index in [0.29, 0.717) is 22.0 Å². The van der Waals surface area contributed by atoms with Gasteiger partial charge < -0.3 is 4.57 Å². The Morgan fingerprint density at radius 1 is 1.10 bits per heavy atom. The highest BCUT2D eigenvalue weighted by molar-refractivity contribution is 5.98. The Labute approximate surface area is 177 Å². The lowest BCUT2D eigenvalue weighted by Gasteiger charge is -2.10. The minimum atomic E-state index is -0.545. The van der Waals surface area contributed by atoms with Crippen LogP contribution in [-0.2, 0) is 17.9 Å². The second-order valence-electron chi connectivity index (χ2n) is 7.26. The molecule has 2 amide bonds. The highest BCUT2D eigenvalue weighted by atomic mass is 16.2. The summed E-state index contributed by atoms with van der Waals surface area (Å²) in [7, 11) is 0. The SMILES string of the molecule is CCn1c(C)nc2cc(C(=O)NNC(=O)Cn3cnc4c(C)cccc4c3=O)ccc21. The van der Waals surface area contributed by atoms with Crippen molar-refractivity contribution in [2.75, 3.05) is 0 Å². The first-order valence-electron chi connectivity index (χ1n) is 9.90. The van der Waals surface area contributed by atoms with Gasteiger partial charge in [0.2, 0.25) is 0 Å². The molecule has 9 heteroatoms. The predicted octanol–water partition coefficient (Wildman–Crippen LogP) is 1.84. The van der Waals surface area contributed by atoms with Crippen molar-refractivity contribution in [3.05, 3.63) is 70.0 Å². The molecule has 31 heavy (non-hydrogen) atoms. The van der Waals surface area contributed by atoms with Crippen LogP contribution in [0.3, 0.4) is 0 Å². The summed E-state index contributed by atoms with van der Waals surface area (Å²) in [5, 5.41) is 0.439. The number of aromatic nitrogens is 4. The van der Waals surface area contributed by atoms with E-state index in [9.17, 15) is 14.4 Å². The normalized spacial score (nSPS) is 11.1. The van der Waals surface area contributed by atoms with E-state index in [0.717, 1.165) is 23.4 Å². The molecule has 0 fully saturated rings. The standard InChI is InChI=1S/C22H22N6O3/c1-4-28-14(3)24-17-10-15(8-9-18(17)28)21(30)26-25-19(29)11-27-12-23-20-13(2)6-5-7-16(20)22(27)31/h5-10,12H,4,11H2,1-3H3,(H,25,29)(H,26,30). The van der Waals surface area contributed by atoms with Crippen molar-refractivity contribution >= 4 is 33.8 Å². The monoisotopic (exact) mass is 418 g/mol. The van der Waals surface area contributed by atoms with Gasteiger partial charge in [-0.3, -0.25) is 29.8 Å². The largest absolute Gasteiger partial charge is 0.329 e. The number of carbonyl (C=O) groups excluding carboxylic acids is 2. The van der Waals surface area contributed by atoms with Crippen LogP contribution in [0.1, 0.15) is 28.7 Å². The van der Waals surface area contributed by atoms with Crippen molar-refractivity contribution in [2.45, 2.75) is 33.9 Å². The van der Waals surface area contributed by atoms with E-state index in [1.165, 1.54) is 10.9 Å². The number of hydrogen-bond acceptors (Lipinski definition) is 5. The van der Waals surface area contributed by atoms with Gasteiger partial charge in [-0.1, -0.05) is 12.1 Å². The highest BCUT2D eigenvalue weighted by Gasteiger charge is 2.13. The fourth-order valence-electron chi connectivity index (χ4n) is 3.63. The van der Waals surface area contributed by atoms with E-state index in [1.807, 2.05) is 32.9 Å². The lowest BCUT2D eigenvalue weighted by Crippen LogP contribution is -2.44. The van der Waals surface area contributed by atoms with Crippen molar-refractivity contribution in [1.82, 2.24) is 30.0 Å². The number of rotatable bonds is 4. The summed E-state index contributed by atoms with van der Waals surface area (Å²) in [6.07, 6.45) is 1.33. The first kappa shape index (κ1) is 20.3. The quantitative estimate of drug-likeness (QED) is 0.492. The molecule has 0 aliphatic heterocycles. The zero-order chi connectivity index (χ0) is 22.1. The lowest BCUT2D eigenvalue weighted by atomic mass is 10.1. The summed E-state index contributed by atoms with van der Waals surface area (Å²) in [4.78, 5) is 46.1. The van der Waals surface area contributed by atoms with Crippen LogP contribution in [0.25, 0.3) is 21.9 Å². The highest BCUT2D eigenvalue weighted by Crippen LogP contribution is 2.17. The molecule has 0 spiro atoms. The number of nitrogens with one attached hydrogen (secondary N) is 2. The molecule has 2 aromatic heterocycles. The van der Waals surface area contributed by atoms with Crippen LogP contribution in [0.2, 0.25) is 0 Å². The van der Waals surface area contributed by atoms with Gasteiger partial charge in [-0.15, -0.1) is 0 Å². The van der Waals surface area contributed by atoms with Crippen LogP contribution in [0.15, 0.2) is 47.5 Å². The third-order valence-electron chi connectivity index (χ3n) is 5.20. The fourth-order valence-corrected chi connectivity index (χ4v) is 3.63. The summed E-state index contributed by atoms with van der Waals surface area (Å²) >= 11 is 0. The molecule has 158 valence electrons. The van der Waals surface area contributed by atoms with Gasteiger partial charge in [0, 0.05) is 12.1 Å². The van der Waals surface area contributed by atoms with E-state index in [-0.39, 0.29) is 12.1 Å². The summed E-state index contributed by atoms with van der Waals surface area (Å²) in [5.41, 5.74) is 7.91. The number of imidazole rings is 1. The van der Waals surface area contributed by atoms with E-state index in [2.05, 4.69) is 25.4 Å². The van der Waals surface area contributed by atoms with Crippen LogP contribution >= 0.6 is 0 Å². The van der Waals surface area contributed by atoms with Gasteiger partial charge in [0.1, 0.15) is 12.4 Å². The number of hydrazine groups is 1. The average Bonchev–Trinajstić information content (AvgIpc) is 3.08. The molecule has 9 nitrogen and oxygen atoms in total. The Hall–Kier alpha value is -4.01. The minimum absolute atomic E-state index is 0.269. The second kappa shape index (κ2) is 8.02. The molecular weight excluding hydrogens is 396 g/mol. The number of benzene rings is 2. The molecular formula is C22H22N6O3. The predicted molar refractivity (Wildman–Crippen MR) is 116 cm³/mol. The third kappa shape index (κ3) is 3.77. The number of carbonyl (C=O) groups is 2. The smallest absolute Gasteiger partial charge is 0.269 e. The zero-order valence-electron chi connectivity index (χ0n) is 17.5. The Kier molecular flexibility index (Phi) is 5.24. The summed E-state index contributed by atoms with van der Waals surface area (Å²) < 4.78 is 3.26. The van der Waals surface area contributed by atoms with E-state index in [1.54, 1.807) is 24.3 Å². The second-order valence-corrected chi connectivity index (χ2v) is 7.26. The molecule has 2 aromatic carbocycles. The number of aryl methyl sites for hydroxylation is 3. The zero-order valence-corrected chi connectivity index (χ0v) is 17.5. The first-order valence-corrected chi connectivity index (χ1v) is 9.90.